The molecule has 0 N–H and O–H groups in total. The largest absolute Gasteiger partial charge is 0.756 e. The zero-order valence-corrected chi connectivity index (χ0v) is 38.3. The fourth-order valence-electron chi connectivity index (χ4n) is 7.49. The van der Waals surface area contributed by atoms with Crippen LogP contribution in [0.4, 0.5) is 0 Å². The van der Waals surface area contributed by atoms with E-state index < -0.39 is 26.5 Å². The molecule has 0 aliphatic carbocycles. The Hall–Kier alpha value is -1.03. The van der Waals surface area contributed by atoms with Gasteiger partial charge in [0.2, 0.25) is 0 Å². The number of rotatable bonds is 42. The molecule has 0 amide bonds. The first-order valence-corrected chi connectivity index (χ1v) is 25.5. The van der Waals surface area contributed by atoms with E-state index in [9.17, 15) is 19.0 Å². The molecule has 1 heterocycles. The molecule has 1 aliphatic rings. The summed E-state index contributed by atoms with van der Waals surface area (Å²) in [6.07, 6.45) is 36.8. The summed E-state index contributed by atoms with van der Waals surface area (Å²) < 4.78 is 40.0. The number of carbonyl (C=O) groups is 2. The maximum absolute atomic E-state index is 12.8. The van der Waals surface area contributed by atoms with Gasteiger partial charge in [-0.05, 0) is 12.8 Å². The molecule has 10 nitrogen and oxygen atoms in total. The van der Waals surface area contributed by atoms with E-state index in [1.165, 1.54) is 154 Å². The van der Waals surface area contributed by atoms with Crippen molar-refractivity contribution in [3.8, 4) is 0 Å². The highest BCUT2D eigenvalue weighted by Gasteiger charge is 2.26. The van der Waals surface area contributed by atoms with Crippen molar-refractivity contribution >= 4 is 19.8 Å². The summed E-state index contributed by atoms with van der Waals surface area (Å²) in [7, 11) is -2.61. The van der Waals surface area contributed by atoms with Gasteiger partial charge in [-0.15, -0.1) is 0 Å². The molecule has 0 aromatic heterocycles. The van der Waals surface area contributed by atoms with E-state index in [1.54, 1.807) is 0 Å². The monoisotopic (exact) mass is 832 g/mol. The third-order valence-corrected chi connectivity index (χ3v) is 12.5. The Morgan fingerprint density at radius 2 is 0.930 bits per heavy atom. The smallest absolute Gasteiger partial charge is 0.306 e. The average Bonchev–Trinajstić information content (AvgIpc) is 3.19. The minimum absolute atomic E-state index is 0.0187. The number of phosphoric ester groups is 1. The Bertz CT molecular complexity index is 978. The van der Waals surface area contributed by atoms with Crippen LogP contribution in [0.25, 0.3) is 0 Å². The zero-order chi connectivity index (χ0) is 41.6. The normalized spacial score (nSPS) is 15.6. The number of carbonyl (C=O) groups excluding carboxylic acids is 2. The molecule has 1 aliphatic heterocycles. The summed E-state index contributed by atoms with van der Waals surface area (Å²) >= 11 is 0. The number of ether oxygens (including phenoxy) is 3. The van der Waals surface area contributed by atoms with Crippen LogP contribution in [0, 0.1) is 0 Å². The molecule has 0 saturated carbocycles. The van der Waals surface area contributed by atoms with Crippen molar-refractivity contribution in [3.63, 3.8) is 0 Å². The number of unbranched alkanes of at least 4 members (excludes halogenated alkanes) is 28. The molecule has 338 valence electrons. The molecule has 1 rings (SSSR count). The number of morpholine rings is 1. The Kier molecular flexibility index (Phi) is 35.9. The molecule has 0 radical (unpaired) electrons. The van der Waals surface area contributed by atoms with Gasteiger partial charge in [0.25, 0.3) is 7.82 Å². The van der Waals surface area contributed by atoms with Crippen LogP contribution in [-0.4, -0.2) is 82.2 Å². The minimum atomic E-state index is -4.66. The number of nitrogens with zero attached hydrogens (tertiary/aromatic N) is 1. The quantitative estimate of drug-likeness (QED) is 0.0256. The van der Waals surface area contributed by atoms with Crippen molar-refractivity contribution in [2.24, 2.45) is 0 Å². The second-order valence-corrected chi connectivity index (χ2v) is 18.6. The fourth-order valence-corrected chi connectivity index (χ4v) is 8.22. The summed E-state index contributed by atoms with van der Waals surface area (Å²) in [5.41, 5.74) is 0. The highest BCUT2D eigenvalue weighted by Crippen LogP contribution is 2.38. The van der Waals surface area contributed by atoms with Crippen molar-refractivity contribution in [2.75, 3.05) is 59.7 Å². The maximum Gasteiger partial charge on any atom is 0.306 e. The fraction of sp³-hybridized carbons (Fsp3) is 0.957. The van der Waals surface area contributed by atoms with Gasteiger partial charge in [0.05, 0.1) is 26.9 Å². The summed E-state index contributed by atoms with van der Waals surface area (Å²) in [4.78, 5) is 37.9. The zero-order valence-electron chi connectivity index (χ0n) is 37.4. The molecule has 1 saturated heterocycles. The lowest BCUT2D eigenvalue weighted by atomic mass is 10.0. The molecule has 11 heteroatoms. The van der Waals surface area contributed by atoms with E-state index in [-0.39, 0.29) is 32.0 Å². The van der Waals surface area contributed by atoms with E-state index in [1.807, 2.05) is 7.05 Å². The van der Waals surface area contributed by atoms with Gasteiger partial charge in [0.15, 0.2) is 6.10 Å². The first-order chi connectivity index (χ1) is 27.7. The molecule has 0 aromatic carbocycles. The van der Waals surface area contributed by atoms with Crippen LogP contribution in [-0.2, 0) is 37.4 Å². The molecule has 1 fully saturated rings. The van der Waals surface area contributed by atoms with Gasteiger partial charge in [-0.3, -0.25) is 14.2 Å². The lowest BCUT2D eigenvalue weighted by molar-refractivity contribution is -0.916. The molecule has 0 aromatic rings. The molecule has 2 atom stereocenters. The van der Waals surface area contributed by atoms with Crippen molar-refractivity contribution < 1.29 is 46.8 Å². The predicted octanol–water partition coefficient (Wildman–Crippen LogP) is 11.9. The van der Waals surface area contributed by atoms with E-state index in [0.717, 1.165) is 45.2 Å². The van der Waals surface area contributed by atoms with Crippen LogP contribution in [0.1, 0.15) is 219 Å². The van der Waals surface area contributed by atoms with Gasteiger partial charge in [-0.25, -0.2) is 0 Å². The lowest BCUT2D eigenvalue weighted by Gasteiger charge is -2.38. The van der Waals surface area contributed by atoms with E-state index >= 15 is 0 Å². The van der Waals surface area contributed by atoms with E-state index in [2.05, 4.69) is 13.8 Å². The molecule has 0 bridgehead atoms. The third-order valence-electron chi connectivity index (χ3n) is 11.5. The van der Waals surface area contributed by atoms with Crippen LogP contribution < -0.4 is 4.89 Å². The number of esters is 2. The highest BCUT2D eigenvalue weighted by molar-refractivity contribution is 7.45. The Morgan fingerprint density at radius 1 is 0.561 bits per heavy atom. The van der Waals surface area contributed by atoms with E-state index in [0.29, 0.717) is 30.7 Å². The number of likely N-dealkylation sites (N-methyl/N-ethyl adjacent to an activating group) is 1. The van der Waals surface area contributed by atoms with Crippen LogP contribution in [0.5, 0.6) is 0 Å². The topological polar surface area (TPSA) is 120 Å². The first kappa shape index (κ1) is 54.0. The van der Waals surface area contributed by atoms with Gasteiger partial charge in [-0.2, -0.15) is 0 Å². The Balaban J connectivity index is 2.30. The number of phosphoric acid groups is 1. The molecule has 2 unspecified atom stereocenters. The predicted molar refractivity (Wildman–Crippen MR) is 231 cm³/mol. The molecular weight excluding hydrogens is 741 g/mol. The second kappa shape index (κ2) is 37.9. The molecule has 57 heavy (non-hydrogen) atoms. The van der Waals surface area contributed by atoms with Crippen LogP contribution >= 0.6 is 7.82 Å². The van der Waals surface area contributed by atoms with Crippen molar-refractivity contribution in [1.82, 2.24) is 0 Å². The second-order valence-electron chi connectivity index (χ2n) is 17.2. The van der Waals surface area contributed by atoms with E-state index in [4.69, 9.17) is 23.3 Å². The summed E-state index contributed by atoms with van der Waals surface area (Å²) in [6, 6.07) is 0. The lowest BCUT2D eigenvalue weighted by Crippen LogP contribution is -2.53. The van der Waals surface area contributed by atoms with Crippen LogP contribution in [0.15, 0.2) is 0 Å². The van der Waals surface area contributed by atoms with Gasteiger partial charge >= 0.3 is 11.9 Å². The number of hydrogen-bond donors (Lipinski definition) is 0. The number of quaternary nitrogens is 1. The van der Waals surface area contributed by atoms with Crippen molar-refractivity contribution in [2.45, 2.75) is 225 Å². The van der Waals surface area contributed by atoms with Gasteiger partial charge in [-0.1, -0.05) is 194 Å². The summed E-state index contributed by atoms with van der Waals surface area (Å²) in [5, 5.41) is 0. The maximum atomic E-state index is 12.8. The van der Waals surface area contributed by atoms with Gasteiger partial charge < -0.3 is 32.6 Å². The Labute approximate surface area is 350 Å². The minimum Gasteiger partial charge on any atom is -0.756 e. The average molecular weight is 832 g/mol. The van der Waals surface area contributed by atoms with Crippen LogP contribution in [0.2, 0.25) is 0 Å². The summed E-state index contributed by atoms with van der Waals surface area (Å²) in [6.45, 7) is 7.14. The molecular formula is C46H90NO9P. The number of hydrogen-bond acceptors (Lipinski definition) is 9. The third kappa shape index (κ3) is 35.4. The SMILES string of the molecule is CCCCCCCCCCCCCCCCCC(=O)OCC(COP(=O)([O-])OCC[N+]1(C)CCOCC1)OC(=O)CCCCCCCCCCCCCCCCC. The standard InChI is InChI=1S/C46H90NO9P/c1-4-6-8-10-12-14-16-18-20-22-24-26-28-30-32-34-45(48)53-42-44(43-55-57(50,51)54-41-38-47(3)36-39-52-40-37-47)56-46(49)35-33-31-29-27-25-23-21-19-17-15-13-11-9-7-5-2/h44H,4-43H2,1-3H3. The summed E-state index contributed by atoms with van der Waals surface area (Å²) in [5.74, 6) is -0.819. The Morgan fingerprint density at radius 3 is 1.33 bits per heavy atom. The van der Waals surface area contributed by atoms with Gasteiger partial charge in [0, 0.05) is 12.8 Å². The highest BCUT2D eigenvalue weighted by atomic mass is 31.2. The van der Waals surface area contributed by atoms with Crippen molar-refractivity contribution in [3.05, 3.63) is 0 Å². The first-order valence-electron chi connectivity index (χ1n) is 24.1. The van der Waals surface area contributed by atoms with Crippen LogP contribution in [0.3, 0.4) is 0 Å². The van der Waals surface area contributed by atoms with Gasteiger partial charge in [0.1, 0.15) is 32.8 Å². The van der Waals surface area contributed by atoms with Crippen molar-refractivity contribution in [1.29, 1.82) is 0 Å². The molecule has 0 spiro atoms.